The highest BCUT2D eigenvalue weighted by Gasteiger charge is 2.17. The largest absolute Gasteiger partial charge is 0.478 e. The number of carbonyl (C=O) groups excluding carboxylic acids is 2. The number of carboxylic acid groups (broad SMARTS) is 1. The van der Waals surface area contributed by atoms with E-state index >= 15 is 0 Å². The predicted molar refractivity (Wildman–Crippen MR) is 87.2 cm³/mol. The molecule has 0 saturated heterocycles. The van der Waals surface area contributed by atoms with E-state index in [4.69, 9.17) is 5.11 Å². The Morgan fingerprint density at radius 3 is 2.39 bits per heavy atom. The minimum Gasteiger partial charge on any atom is -0.478 e. The van der Waals surface area contributed by atoms with E-state index < -0.39 is 12.0 Å². The van der Waals surface area contributed by atoms with Gasteiger partial charge in [-0.3, -0.25) is 9.59 Å². The number of carbonyl (C=O) groups is 3. The SMILES string of the molecule is CCC(C)NC(=O)C(C)NC(=O)CCc1ccccc1C(=O)O. The molecule has 6 heteroatoms. The second-order valence-electron chi connectivity index (χ2n) is 5.57. The Labute approximate surface area is 136 Å². The van der Waals surface area contributed by atoms with Crippen molar-refractivity contribution in [1.29, 1.82) is 0 Å². The molecule has 2 unspecified atom stereocenters. The molecule has 0 spiro atoms. The van der Waals surface area contributed by atoms with Crippen molar-refractivity contribution in [3.63, 3.8) is 0 Å². The monoisotopic (exact) mass is 320 g/mol. The van der Waals surface area contributed by atoms with Crippen LogP contribution in [0.4, 0.5) is 0 Å². The highest BCUT2D eigenvalue weighted by Crippen LogP contribution is 2.11. The molecule has 3 N–H and O–H groups in total. The summed E-state index contributed by atoms with van der Waals surface area (Å²) in [6.45, 7) is 5.49. The summed E-state index contributed by atoms with van der Waals surface area (Å²) >= 11 is 0. The smallest absolute Gasteiger partial charge is 0.335 e. The van der Waals surface area contributed by atoms with Gasteiger partial charge in [0.25, 0.3) is 0 Å². The van der Waals surface area contributed by atoms with E-state index in [9.17, 15) is 14.4 Å². The fourth-order valence-corrected chi connectivity index (χ4v) is 2.04. The van der Waals surface area contributed by atoms with Crippen molar-refractivity contribution in [3.05, 3.63) is 35.4 Å². The maximum absolute atomic E-state index is 11.9. The molecule has 23 heavy (non-hydrogen) atoms. The Bertz CT molecular complexity index is 571. The van der Waals surface area contributed by atoms with Gasteiger partial charge in [0.15, 0.2) is 0 Å². The second kappa shape index (κ2) is 8.92. The van der Waals surface area contributed by atoms with Gasteiger partial charge in [0.1, 0.15) is 6.04 Å². The number of amides is 2. The third-order valence-electron chi connectivity index (χ3n) is 3.64. The van der Waals surface area contributed by atoms with Crippen LogP contribution in [-0.2, 0) is 16.0 Å². The first-order valence-corrected chi connectivity index (χ1v) is 7.76. The number of benzene rings is 1. The van der Waals surface area contributed by atoms with Crippen molar-refractivity contribution in [3.8, 4) is 0 Å². The lowest BCUT2D eigenvalue weighted by molar-refractivity contribution is -0.128. The molecule has 0 fully saturated rings. The van der Waals surface area contributed by atoms with Crippen LogP contribution in [0.2, 0.25) is 0 Å². The number of hydrogen-bond donors (Lipinski definition) is 3. The summed E-state index contributed by atoms with van der Waals surface area (Å²) in [5, 5.41) is 14.5. The third kappa shape index (κ3) is 6.10. The predicted octanol–water partition coefficient (Wildman–Crippen LogP) is 1.74. The van der Waals surface area contributed by atoms with Crippen LogP contribution in [0.25, 0.3) is 0 Å². The Morgan fingerprint density at radius 2 is 1.78 bits per heavy atom. The van der Waals surface area contributed by atoms with Gasteiger partial charge in [0, 0.05) is 12.5 Å². The standard InChI is InChI=1S/C17H24N2O4/c1-4-11(2)18-16(21)12(3)19-15(20)10-9-13-7-5-6-8-14(13)17(22)23/h5-8,11-12H,4,9-10H2,1-3H3,(H,18,21)(H,19,20)(H,22,23). The highest BCUT2D eigenvalue weighted by molar-refractivity contribution is 5.90. The molecule has 0 aliphatic heterocycles. The van der Waals surface area contributed by atoms with Gasteiger partial charge in [-0.25, -0.2) is 4.79 Å². The summed E-state index contributed by atoms with van der Waals surface area (Å²) in [5.74, 6) is -1.52. The van der Waals surface area contributed by atoms with E-state index in [0.717, 1.165) is 6.42 Å². The molecular formula is C17H24N2O4. The number of aryl methyl sites for hydroxylation is 1. The number of aromatic carboxylic acids is 1. The van der Waals surface area contributed by atoms with Crippen LogP contribution >= 0.6 is 0 Å². The molecule has 1 aromatic rings. The zero-order valence-corrected chi connectivity index (χ0v) is 13.8. The van der Waals surface area contributed by atoms with Gasteiger partial charge in [0.2, 0.25) is 11.8 Å². The van der Waals surface area contributed by atoms with E-state index in [1.165, 1.54) is 6.07 Å². The van der Waals surface area contributed by atoms with Crippen LogP contribution in [0, 0.1) is 0 Å². The molecule has 2 amide bonds. The lowest BCUT2D eigenvalue weighted by Crippen LogP contribution is -2.47. The van der Waals surface area contributed by atoms with Crippen LogP contribution in [0.1, 0.15) is 49.5 Å². The molecule has 0 aliphatic carbocycles. The van der Waals surface area contributed by atoms with E-state index in [0.29, 0.717) is 12.0 Å². The van der Waals surface area contributed by atoms with Crippen LogP contribution in [-0.4, -0.2) is 35.0 Å². The Kier molecular flexibility index (Phi) is 7.25. The van der Waals surface area contributed by atoms with E-state index in [1.54, 1.807) is 25.1 Å². The molecule has 0 radical (unpaired) electrons. The minimum absolute atomic E-state index is 0.0595. The van der Waals surface area contributed by atoms with Gasteiger partial charge in [-0.2, -0.15) is 0 Å². The number of nitrogens with one attached hydrogen (secondary N) is 2. The molecule has 126 valence electrons. The van der Waals surface area contributed by atoms with Gasteiger partial charge >= 0.3 is 5.97 Å². The quantitative estimate of drug-likeness (QED) is 0.680. The lowest BCUT2D eigenvalue weighted by atomic mass is 10.0. The highest BCUT2D eigenvalue weighted by atomic mass is 16.4. The third-order valence-corrected chi connectivity index (χ3v) is 3.64. The van der Waals surface area contributed by atoms with Gasteiger partial charge < -0.3 is 15.7 Å². The van der Waals surface area contributed by atoms with Crippen LogP contribution in [0.5, 0.6) is 0 Å². The van der Waals surface area contributed by atoms with Crippen LogP contribution in [0.15, 0.2) is 24.3 Å². The number of rotatable bonds is 8. The molecule has 0 bridgehead atoms. The average molecular weight is 320 g/mol. The molecule has 0 heterocycles. The molecule has 1 aromatic carbocycles. The minimum atomic E-state index is -1.01. The van der Waals surface area contributed by atoms with Crippen LogP contribution in [0.3, 0.4) is 0 Å². The van der Waals surface area contributed by atoms with E-state index in [1.807, 2.05) is 13.8 Å². The molecular weight excluding hydrogens is 296 g/mol. The zero-order chi connectivity index (χ0) is 17.4. The van der Waals surface area contributed by atoms with Crippen molar-refractivity contribution < 1.29 is 19.5 Å². The first-order valence-electron chi connectivity index (χ1n) is 7.76. The van der Waals surface area contributed by atoms with Crippen molar-refractivity contribution >= 4 is 17.8 Å². The summed E-state index contributed by atoms with van der Waals surface area (Å²) in [7, 11) is 0. The fraction of sp³-hybridized carbons (Fsp3) is 0.471. The van der Waals surface area contributed by atoms with Crippen molar-refractivity contribution in [1.82, 2.24) is 10.6 Å². The number of carboxylic acids is 1. The van der Waals surface area contributed by atoms with Gasteiger partial charge in [-0.05, 0) is 38.3 Å². The van der Waals surface area contributed by atoms with E-state index in [-0.39, 0.29) is 29.8 Å². The first-order chi connectivity index (χ1) is 10.8. The first kappa shape index (κ1) is 18.7. The normalized spacial score (nSPS) is 13.0. The average Bonchev–Trinajstić information content (AvgIpc) is 2.52. The molecule has 2 atom stereocenters. The summed E-state index contributed by atoms with van der Waals surface area (Å²) in [4.78, 5) is 34.9. The Morgan fingerprint density at radius 1 is 1.13 bits per heavy atom. The maximum atomic E-state index is 11.9. The van der Waals surface area contributed by atoms with Crippen molar-refractivity contribution in [2.24, 2.45) is 0 Å². The molecule has 0 aromatic heterocycles. The van der Waals surface area contributed by atoms with Crippen molar-refractivity contribution in [2.45, 2.75) is 52.1 Å². The maximum Gasteiger partial charge on any atom is 0.335 e. The summed E-state index contributed by atoms with van der Waals surface area (Å²) in [5.41, 5.74) is 0.801. The molecule has 0 aliphatic rings. The Balaban J connectivity index is 2.52. The molecule has 6 nitrogen and oxygen atoms in total. The molecule has 0 saturated carbocycles. The Hall–Kier alpha value is -2.37. The summed E-state index contributed by atoms with van der Waals surface area (Å²) in [6.07, 6.45) is 1.26. The van der Waals surface area contributed by atoms with E-state index in [2.05, 4.69) is 10.6 Å². The topological polar surface area (TPSA) is 95.5 Å². The number of hydrogen-bond acceptors (Lipinski definition) is 3. The van der Waals surface area contributed by atoms with Crippen LogP contribution < -0.4 is 10.6 Å². The van der Waals surface area contributed by atoms with Gasteiger partial charge in [0.05, 0.1) is 5.56 Å². The lowest BCUT2D eigenvalue weighted by Gasteiger charge is -2.17. The molecule has 1 rings (SSSR count). The zero-order valence-electron chi connectivity index (χ0n) is 13.8. The van der Waals surface area contributed by atoms with Gasteiger partial charge in [-0.1, -0.05) is 25.1 Å². The van der Waals surface area contributed by atoms with Crippen molar-refractivity contribution in [2.75, 3.05) is 0 Å². The fourth-order valence-electron chi connectivity index (χ4n) is 2.04. The second-order valence-corrected chi connectivity index (χ2v) is 5.57. The van der Waals surface area contributed by atoms with Gasteiger partial charge in [-0.15, -0.1) is 0 Å². The summed E-state index contributed by atoms with van der Waals surface area (Å²) in [6, 6.07) is 6.03. The summed E-state index contributed by atoms with van der Waals surface area (Å²) < 4.78 is 0.